The number of allylic oxidation sites excluding steroid dienone is 6. The Kier molecular flexibility index (Phi) is 18.3. The van der Waals surface area contributed by atoms with Gasteiger partial charge in [-0.2, -0.15) is 0 Å². The minimum atomic E-state index is 1.10. The van der Waals surface area contributed by atoms with E-state index in [-0.39, 0.29) is 0 Å². The zero-order valence-corrected chi connectivity index (χ0v) is 7.59. The Morgan fingerprint density at radius 2 is 1.64 bits per heavy atom. The van der Waals surface area contributed by atoms with Gasteiger partial charge in [0.2, 0.25) is 0 Å². The Morgan fingerprint density at radius 1 is 1.09 bits per heavy atom. The van der Waals surface area contributed by atoms with Crippen molar-refractivity contribution in [1.82, 2.24) is 0 Å². The lowest BCUT2D eigenvalue weighted by Crippen LogP contribution is -1.46. The number of hydrogen-bond acceptors (Lipinski definition) is 0. The summed E-state index contributed by atoms with van der Waals surface area (Å²) in [5.41, 5.74) is 0. The fraction of sp³-hybridized carbons (Fsp3) is 0.273. The minimum Gasteiger partial charge on any atom is -0.0991 e. The summed E-state index contributed by atoms with van der Waals surface area (Å²) < 4.78 is 0. The van der Waals surface area contributed by atoms with Gasteiger partial charge in [0.25, 0.3) is 0 Å². The fourth-order valence-corrected chi connectivity index (χ4v) is 0.368. The molecular formula is C11H18. The molecule has 0 nitrogen and oxygen atoms in total. The van der Waals surface area contributed by atoms with Crippen molar-refractivity contribution in [1.29, 1.82) is 0 Å². The van der Waals surface area contributed by atoms with Gasteiger partial charge in [-0.15, -0.1) is 0 Å². The molecule has 0 aliphatic rings. The van der Waals surface area contributed by atoms with Crippen LogP contribution in [0.2, 0.25) is 0 Å². The quantitative estimate of drug-likeness (QED) is 0.535. The molecule has 0 unspecified atom stereocenters. The number of hydrogen-bond donors (Lipinski definition) is 0. The molecule has 0 heteroatoms. The molecule has 0 saturated carbocycles. The van der Waals surface area contributed by atoms with Crippen LogP contribution in [0, 0.1) is 0 Å². The van der Waals surface area contributed by atoms with Crippen LogP contribution in [0.4, 0.5) is 0 Å². The average molecular weight is 150 g/mol. The first kappa shape index (κ1) is 12.6. The summed E-state index contributed by atoms with van der Waals surface area (Å²) in [6.45, 7) is 11.0. The first-order valence-electron chi connectivity index (χ1n) is 3.84. The largest absolute Gasteiger partial charge is 0.0991 e. The Balaban J connectivity index is 0. The second kappa shape index (κ2) is 16.0. The summed E-state index contributed by atoms with van der Waals surface area (Å²) >= 11 is 0. The van der Waals surface area contributed by atoms with E-state index in [0.717, 1.165) is 6.42 Å². The second-order valence-electron chi connectivity index (χ2n) is 1.83. The van der Waals surface area contributed by atoms with E-state index < -0.39 is 0 Å². The molecule has 0 saturated heterocycles. The van der Waals surface area contributed by atoms with Crippen LogP contribution in [0.5, 0.6) is 0 Å². The van der Waals surface area contributed by atoms with Crippen molar-refractivity contribution in [2.24, 2.45) is 0 Å². The van der Waals surface area contributed by atoms with Crippen molar-refractivity contribution in [3.8, 4) is 0 Å². The third-order valence-electron chi connectivity index (χ3n) is 0.836. The Morgan fingerprint density at radius 3 is 1.73 bits per heavy atom. The molecule has 0 N–H and O–H groups in total. The lowest BCUT2D eigenvalue weighted by atomic mass is 10.4. The topological polar surface area (TPSA) is 0 Å². The molecule has 0 rings (SSSR count). The van der Waals surface area contributed by atoms with Gasteiger partial charge in [0.1, 0.15) is 0 Å². The van der Waals surface area contributed by atoms with Crippen LogP contribution in [0.3, 0.4) is 0 Å². The van der Waals surface area contributed by atoms with Crippen molar-refractivity contribution in [3.05, 3.63) is 49.6 Å². The third-order valence-corrected chi connectivity index (χ3v) is 0.836. The van der Waals surface area contributed by atoms with Gasteiger partial charge >= 0.3 is 0 Å². The molecule has 0 bridgehead atoms. The summed E-state index contributed by atoms with van der Waals surface area (Å²) in [7, 11) is 0. The van der Waals surface area contributed by atoms with Gasteiger partial charge in [0.15, 0.2) is 0 Å². The number of rotatable bonds is 3. The van der Waals surface area contributed by atoms with E-state index in [9.17, 15) is 0 Å². The maximum absolute atomic E-state index is 3.51. The second-order valence-corrected chi connectivity index (χ2v) is 1.83. The molecule has 0 aliphatic carbocycles. The molecule has 0 spiro atoms. The molecule has 0 aromatic carbocycles. The van der Waals surface area contributed by atoms with Crippen LogP contribution in [0.15, 0.2) is 49.6 Å². The molecule has 0 aromatic heterocycles. The highest BCUT2D eigenvalue weighted by Crippen LogP contribution is 1.76. The minimum absolute atomic E-state index is 1.10. The van der Waals surface area contributed by atoms with E-state index in [4.69, 9.17) is 0 Å². The lowest BCUT2D eigenvalue weighted by molar-refractivity contribution is 1.22. The van der Waals surface area contributed by atoms with E-state index in [1.807, 2.05) is 25.2 Å². The predicted molar refractivity (Wildman–Crippen MR) is 54.6 cm³/mol. The van der Waals surface area contributed by atoms with Gasteiger partial charge in [-0.3, -0.25) is 0 Å². The standard InChI is InChI=1S/C6H10.C5H8/c1-3-5-6-4-2;1-3-5-4-2/h3,5-6H,1,4H2,2H3;3-5H,1H2,2H3/b6-5-;5-4+. The van der Waals surface area contributed by atoms with E-state index in [1.54, 1.807) is 12.2 Å². The maximum Gasteiger partial charge on any atom is -0.0376 e. The van der Waals surface area contributed by atoms with Crippen LogP contribution in [0.25, 0.3) is 0 Å². The maximum atomic E-state index is 3.51. The van der Waals surface area contributed by atoms with Crippen molar-refractivity contribution >= 4 is 0 Å². The van der Waals surface area contributed by atoms with Gasteiger partial charge in [-0.1, -0.05) is 56.5 Å². The SMILES string of the molecule is C=C/C=C/C.C=C/C=C\CC. The van der Waals surface area contributed by atoms with Gasteiger partial charge in [-0.25, -0.2) is 0 Å². The average Bonchev–Trinajstić information content (AvgIpc) is 2.04. The van der Waals surface area contributed by atoms with Gasteiger partial charge in [-0.05, 0) is 13.3 Å². The van der Waals surface area contributed by atoms with Crippen molar-refractivity contribution in [2.45, 2.75) is 20.3 Å². The first-order valence-corrected chi connectivity index (χ1v) is 3.84. The summed E-state index contributed by atoms with van der Waals surface area (Å²) in [6, 6.07) is 0. The molecule has 62 valence electrons. The third kappa shape index (κ3) is 27.7. The molecule has 11 heavy (non-hydrogen) atoms. The predicted octanol–water partition coefficient (Wildman–Crippen LogP) is 3.89. The fourth-order valence-electron chi connectivity index (χ4n) is 0.368. The normalized spacial score (nSPS) is 9.27. The summed E-state index contributed by atoms with van der Waals surface area (Å²) in [4.78, 5) is 0. The van der Waals surface area contributed by atoms with Crippen LogP contribution in [-0.2, 0) is 0 Å². The first-order chi connectivity index (χ1) is 5.33. The van der Waals surface area contributed by atoms with Crippen molar-refractivity contribution in [2.75, 3.05) is 0 Å². The van der Waals surface area contributed by atoms with E-state index in [1.165, 1.54) is 0 Å². The van der Waals surface area contributed by atoms with Crippen molar-refractivity contribution in [3.63, 3.8) is 0 Å². The molecule has 0 radical (unpaired) electrons. The van der Waals surface area contributed by atoms with Crippen LogP contribution in [-0.4, -0.2) is 0 Å². The van der Waals surface area contributed by atoms with Gasteiger partial charge < -0.3 is 0 Å². The zero-order valence-electron chi connectivity index (χ0n) is 7.59. The molecule has 0 amide bonds. The van der Waals surface area contributed by atoms with Crippen LogP contribution < -0.4 is 0 Å². The molecular weight excluding hydrogens is 132 g/mol. The Labute approximate surface area is 70.6 Å². The highest BCUT2D eigenvalue weighted by atomic mass is 13.6. The molecule has 0 aromatic rings. The molecule has 0 heterocycles. The van der Waals surface area contributed by atoms with E-state index in [2.05, 4.69) is 26.2 Å². The summed E-state index contributed by atoms with van der Waals surface area (Å²) in [5.74, 6) is 0. The highest BCUT2D eigenvalue weighted by molar-refractivity contribution is 4.96. The van der Waals surface area contributed by atoms with E-state index >= 15 is 0 Å². The van der Waals surface area contributed by atoms with Crippen LogP contribution >= 0.6 is 0 Å². The Hall–Kier alpha value is -1.04. The Bertz CT molecular complexity index is 127. The van der Waals surface area contributed by atoms with Crippen LogP contribution in [0.1, 0.15) is 20.3 Å². The summed E-state index contributed by atoms with van der Waals surface area (Å²) in [6.07, 6.45) is 12.5. The molecule has 0 aliphatic heterocycles. The van der Waals surface area contributed by atoms with Gasteiger partial charge in [0.05, 0.1) is 0 Å². The van der Waals surface area contributed by atoms with Gasteiger partial charge in [0, 0.05) is 0 Å². The highest BCUT2D eigenvalue weighted by Gasteiger charge is 1.55. The molecule has 0 atom stereocenters. The summed E-state index contributed by atoms with van der Waals surface area (Å²) in [5, 5.41) is 0. The zero-order chi connectivity index (χ0) is 8.95. The van der Waals surface area contributed by atoms with E-state index in [0.29, 0.717) is 0 Å². The molecule has 0 fully saturated rings. The van der Waals surface area contributed by atoms with Crippen molar-refractivity contribution < 1.29 is 0 Å². The smallest absolute Gasteiger partial charge is 0.0376 e. The lowest BCUT2D eigenvalue weighted by Gasteiger charge is -1.67. The monoisotopic (exact) mass is 150 g/mol.